The molecule has 0 saturated carbocycles. The van der Waals surface area contributed by atoms with Gasteiger partial charge in [-0.3, -0.25) is 9.78 Å². The van der Waals surface area contributed by atoms with E-state index < -0.39 is 0 Å². The Morgan fingerprint density at radius 2 is 2.04 bits per heavy atom. The van der Waals surface area contributed by atoms with Crippen molar-refractivity contribution < 1.29 is 9.53 Å². The van der Waals surface area contributed by atoms with Crippen molar-refractivity contribution >= 4 is 17.5 Å². The van der Waals surface area contributed by atoms with E-state index in [4.69, 9.17) is 4.74 Å². The molecule has 0 radical (unpaired) electrons. The fourth-order valence-electron chi connectivity index (χ4n) is 3.45. The average molecular weight is 383 g/mol. The van der Waals surface area contributed by atoms with E-state index in [1.165, 1.54) is 6.33 Å². The molecule has 2 saturated heterocycles. The van der Waals surface area contributed by atoms with Gasteiger partial charge >= 0.3 is 0 Å². The fraction of sp³-hybridized carbons (Fsp3) is 0.526. The lowest BCUT2D eigenvalue weighted by atomic mass is 10.0. The maximum Gasteiger partial charge on any atom is 0.229 e. The van der Waals surface area contributed by atoms with Crippen LogP contribution in [0.3, 0.4) is 0 Å². The van der Waals surface area contributed by atoms with Gasteiger partial charge in [0.1, 0.15) is 23.7 Å². The Morgan fingerprint density at radius 3 is 2.86 bits per heavy atom. The van der Waals surface area contributed by atoms with Gasteiger partial charge in [0.15, 0.2) is 0 Å². The molecule has 9 heteroatoms. The largest absolute Gasteiger partial charge is 0.381 e. The SMILES string of the molecule is O=C(Nc1cc(-c2cncc(NCC3CCOCC3)n2)ncn1)[C@@H]1CCNC1. The lowest BCUT2D eigenvalue weighted by Crippen LogP contribution is -2.25. The molecule has 2 aliphatic rings. The number of amides is 1. The summed E-state index contributed by atoms with van der Waals surface area (Å²) < 4.78 is 5.40. The zero-order valence-electron chi connectivity index (χ0n) is 15.7. The van der Waals surface area contributed by atoms with Gasteiger partial charge in [0.25, 0.3) is 0 Å². The summed E-state index contributed by atoms with van der Waals surface area (Å²) in [6.45, 7) is 4.07. The van der Waals surface area contributed by atoms with E-state index in [1.54, 1.807) is 18.5 Å². The number of carbonyl (C=O) groups is 1. The van der Waals surface area contributed by atoms with Crippen molar-refractivity contribution in [1.82, 2.24) is 25.3 Å². The summed E-state index contributed by atoms with van der Waals surface area (Å²) in [7, 11) is 0. The van der Waals surface area contributed by atoms with Gasteiger partial charge < -0.3 is 20.7 Å². The van der Waals surface area contributed by atoms with Crippen LogP contribution in [0, 0.1) is 11.8 Å². The minimum absolute atomic E-state index is 0.0177. The van der Waals surface area contributed by atoms with Gasteiger partial charge in [-0.1, -0.05) is 0 Å². The number of carbonyl (C=O) groups excluding carboxylic acids is 1. The molecule has 2 aromatic heterocycles. The van der Waals surface area contributed by atoms with E-state index in [9.17, 15) is 4.79 Å². The number of hydrogen-bond acceptors (Lipinski definition) is 8. The number of hydrogen-bond donors (Lipinski definition) is 3. The molecule has 0 spiro atoms. The molecule has 0 bridgehead atoms. The van der Waals surface area contributed by atoms with Crippen LogP contribution in [0.2, 0.25) is 0 Å². The van der Waals surface area contributed by atoms with E-state index >= 15 is 0 Å². The predicted octanol–water partition coefficient (Wildman–Crippen LogP) is 1.32. The van der Waals surface area contributed by atoms with Crippen molar-refractivity contribution in [3.8, 4) is 11.4 Å². The zero-order chi connectivity index (χ0) is 19.2. The summed E-state index contributed by atoms with van der Waals surface area (Å²) in [5.41, 5.74) is 1.26. The smallest absolute Gasteiger partial charge is 0.229 e. The maximum atomic E-state index is 12.3. The first-order chi connectivity index (χ1) is 13.8. The number of ether oxygens (including phenoxy) is 1. The Bertz CT molecular complexity index is 804. The summed E-state index contributed by atoms with van der Waals surface area (Å²) >= 11 is 0. The third-order valence-electron chi connectivity index (χ3n) is 5.16. The first kappa shape index (κ1) is 18.7. The number of anilines is 2. The lowest BCUT2D eigenvalue weighted by Gasteiger charge is -2.22. The second-order valence-corrected chi connectivity index (χ2v) is 7.19. The van der Waals surface area contributed by atoms with Crippen LogP contribution in [-0.2, 0) is 9.53 Å². The van der Waals surface area contributed by atoms with Crippen LogP contribution in [0.25, 0.3) is 11.4 Å². The van der Waals surface area contributed by atoms with Crippen LogP contribution in [0.15, 0.2) is 24.8 Å². The van der Waals surface area contributed by atoms with Gasteiger partial charge in [0.2, 0.25) is 5.91 Å². The quantitative estimate of drug-likeness (QED) is 0.684. The molecular formula is C19H25N7O2. The summed E-state index contributed by atoms with van der Waals surface area (Å²) in [6.07, 6.45) is 7.77. The molecule has 4 rings (SSSR count). The zero-order valence-corrected chi connectivity index (χ0v) is 15.7. The predicted molar refractivity (Wildman–Crippen MR) is 105 cm³/mol. The molecule has 3 N–H and O–H groups in total. The monoisotopic (exact) mass is 383 g/mol. The van der Waals surface area contributed by atoms with E-state index in [2.05, 4.69) is 35.9 Å². The second-order valence-electron chi connectivity index (χ2n) is 7.19. The maximum absolute atomic E-state index is 12.3. The van der Waals surface area contributed by atoms with Gasteiger partial charge in [-0.15, -0.1) is 0 Å². The molecular weight excluding hydrogens is 358 g/mol. The summed E-state index contributed by atoms with van der Waals surface area (Å²) in [5.74, 6) is 1.74. The molecule has 0 aliphatic carbocycles. The normalized spacial score (nSPS) is 20.1. The highest BCUT2D eigenvalue weighted by atomic mass is 16.5. The van der Waals surface area contributed by atoms with Gasteiger partial charge in [0.05, 0.1) is 24.0 Å². The first-order valence-corrected chi connectivity index (χ1v) is 9.75. The molecule has 9 nitrogen and oxygen atoms in total. The Kier molecular flexibility index (Phi) is 6.03. The Morgan fingerprint density at radius 1 is 1.14 bits per heavy atom. The van der Waals surface area contributed by atoms with Crippen molar-refractivity contribution in [2.24, 2.45) is 11.8 Å². The van der Waals surface area contributed by atoms with Crippen LogP contribution in [0.5, 0.6) is 0 Å². The number of rotatable bonds is 6. The van der Waals surface area contributed by atoms with Gasteiger partial charge in [-0.25, -0.2) is 15.0 Å². The van der Waals surface area contributed by atoms with Crippen LogP contribution in [-0.4, -0.2) is 58.7 Å². The second kappa shape index (κ2) is 9.03. The number of nitrogens with zero attached hydrogens (tertiary/aromatic N) is 4. The summed E-state index contributed by atoms with van der Waals surface area (Å²) in [4.78, 5) is 29.6. The van der Waals surface area contributed by atoms with Crippen molar-refractivity contribution in [3.63, 3.8) is 0 Å². The van der Waals surface area contributed by atoms with E-state index in [-0.39, 0.29) is 11.8 Å². The van der Waals surface area contributed by atoms with Gasteiger partial charge in [-0.2, -0.15) is 0 Å². The van der Waals surface area contributed by atoms with Crippen LogP contribution >= 0.6 is 0 Å². The van der Waals surface area contributed by atoms with Crippen molar-refractivity contribution in [3.05, 3.63) is 24.8 Å². The number of aromatic nitrogens is 4. The molecule has 0 aromatic carbocycles. The topological polar surface area (TPSA) is 114 Å². The minimum atomic E-state index is -0.0207. The molecule has 1 atom stereocenters. The third-order valence-corrected chi connectivity index (χ3v) is 5.16. The fourth-order valence-corrected chi connectivity index (χ4v) is 3.45. The van der Waals surface area contributed by atoms with E-state index in [0.717, 1.165) is 45.6 Å². The third kappa shape index (κ3) is 4.79. The minimum Gasteiger partial charge on any atom is -0.381 e. The van der Waals surface area contributed by atoms with Gasteiger partial charge in [0, 0.05) is 32.4 Å². The molecule has 2 fully saturated rings. The van der Waals surface area contributed by atoms with Crippen molar-refractivity contribution in [2.75, 3.05) is 43.5 Å². The Balaban J connectivity index is 1.41. The summed E-state index contributed by atoms with van der Waals surface area (Å²) in [5, 5.41) is 9.42. The Labute approximate surface area is 163 Å². The van der Waals surface area contributed by atoms with Crippen LogP contribution < -0.4 is 16.0 Å². The molecule has 1 amide bonds. The van der Waals surface area contributed by atoms with Gasteiger partial charge in [-0.05, 0) is 31.7 Å². The van der Waals surface area contributed by atoms with Crippen molar-refractivity contribution in [1.29, 1.82) is 0 Å². The van der Waals surface area contributed by atoms with E-state index in [1.807, 2.05) is 0 Å². The molecule has 4 heterocycles. The van der Waals surface area contributed by atoms with Crippen LogP contribution in [0.4, 0.5) is 11.6 Å². The Hall–Kier alpha value is -2.65. The average Bonchev–Trinajstić information content (AvgIpc) is 3.29. The molecule has 2 aliphatic heterocycles. The standard InChI is InChI=1S/C19H25N7O2/c27-19(14-1-4-20-9-14)26-17-7-15(23-12-24-17)16-10-21-11-18(25-16)22-8-13-2-5-28-6-3-13/h7,10-14,20H,1-6,8-9H2,(H,22,25)(H,23,24,26,27)/t14-/m1/s1. The molecule has 148 valence electrons. The van der Waals surface area contributed by atoms with Crippen LogP contribution in [0.1, 0.15) is 19.3 Å². The highest BCUT2D eigenvalue weighted by molar-refractivity contribution is 5.92. The van der Waals surface area contributed by atoms with Crippen molar-refractivity contribution in [2.45, 2.75) is 19.3 Å². The first-order valence-electron chi connectivity index (χ1n) is 9.75. The summed E-state index contributed by atoms with van der Waals surface area (Å²) in [6, 6.07) is 1.73. The number of nitrogens with one attached hydrogen (secondary N) is 3. The highest BCUT2D eigenvalue weighted by Gasteiger charge is 2.22. The molecule has 2 aromatic rings. The lowest BCUT2D eigenvalue weighted by molar-refractivity contribution is -0.119. The molecule has 0 unspecified atom stereocenters. The molecule has 28 heavy (non-hydrogen) atoms. The van der Waals surface area contributed by atoms with E-state index in [0.29, 0.717) is 35.5 Å². The highest BCUT2D eigenvalue weighted by Crippen LogP contribution is 2.20.